The summed E-state index contributed by atoms with van der Waals surface area (Å²) in [6.45, 7) is 3.04. The predicted octanol–water partition coefficient (Wildman–Crippen LogP) is 5.63. The first-order valence-electron chi connectivity index (χ1n) is 13.1. The quantitative estimate of drug-likeness (QED) is 0.308. The molecular formula is C31H29NO6S. The van der Waals surface area contributed by atoms with E-state index in [4.69, 9.17) is 5.79 Å². The Morgan fingerprint density at radius 3 is 2.36 bits per heavy atom. The van der Waals surface area contributed by atoms with Gasteiger partial charge in [-0.05, 0) is 79.8 Å². The fourth-order valence-electron chi connectivity index (χ4n) is 5.04. The minimum Gasteiger partial charge on any atom is -0.481 e. The summed E-state index contributed by atoms with van der Waals surface area (Å²) in [6, 6.07) is 20.4. The number of hydrogen-bond donors (Lipinski definition) is 1. The van der Waals surface area contributed by atoms with Crippen LogP contribution < -0.4 is 0 Å². The highest BCUT2D eigenvalue weighted by Crippen LogP contribution is 2.36. The van der Waals surface area contributed by atoms with E-state index >= 15 is 0 Å². The molecule has 1 heterocycles. The van der Waals surface area contributed by atoms with E-state index in [1.165, 1.54) is 17.0 Å². The lowest BCUT2D eigenvalue weighted by molar-refractivity contribution is -0.141. The van der Waals surface area contributed by atoms with Gasteiger partial charge in [0.05, 0.1) is 23.3 Å². The van der Waals surface area contributed by atoms with Gasteiger partial charge < -0.3 is 14.4 Å². The number of rotatable bonds is 8. The third kappa shape index (κ3) is 5.12. The minimum absolute atomic E-state index is 0.0254. The molecule has 7 nitrogen and oxygen atoms in total. The van der Waals surface area contributed by atoms with Gasteiger partial charge in [0.25, 0.3) is 5.91 Å². The molecule has 8 heteroatoms. The smallest absolute Gasteiger partial charge is 0.307 e. The second-order valence-corrected chi connectivity index (χ2v) is 11.7. The van der Waals surface area contributed by atoms with Crippen LogP contribution in [-0.2, 0) is 34.0 Å². The standard InChI is InChI=1S/C31H29NO6S/c1-20(2)32(30(33)22-14-12-21(13-15-22)27-9-6-16-38-27)19-24-7-3-4-10-28(24)39(36,37)29-11-5-8-23-17-25(31(34)35)18-26(23)29/h3-16,20,25H,17-19H2,1-2H3,(H,34,35)/t25-/m0/s1/i20D. The third-order valence-electron chi connectivity index (χ3n) is 7.10. The first-order valence-corrected chi connectivity index (χ1v) is 14.1. The van der Waals surface area contributed by atoms with Crippen LogP contribution in [0.5, 0.6) is 0 Å². The minimum atomic E-state index is -4.06. The summed E-state index contributed by atoms with van der Waals surface area (Å²) in [5.41, 5.74) is 2.77. The number of carboxylic acids is 1. The van der Waals surface area contributed by atoms with E-state index in [1.807, 2.05) is 6.07 Å². The first kappa shape index (κ1) is 25.1. The summed E-state index contributed by atoms with van der Waals surface area (Å²) in [7, 11) is -4.06. The van der Waals surface area contributed by atoms with Crippen molar-refractivity contribution in [3.05, 3.63) is 107 Å². The van der Waals surface area contributed by atoms with Gasteiger partial charge >= 0.3 is 5.97 Å². The van der Waals surface area contributed by atoms with Crippen LogP contribution in [0.2, 0.25) is 0 Å². The molecule has 0 spiro atoms. The molecule has 200 valence electrons. The summed E-state index contributed by atoms with van der Waals surface area (Å²) in [5.74, 6) is -1.37. The van der Waals surface area contributed by atoms with Gasteiger partial charge in [0.15, 0.2) is 0 Å². The molecule has 0 saturated carbocycles. The zero-order chi connectivity index (χ0) is 28.7. The molecule has 3 aromatic carbocycles. The van der Waals surface area contributed by atoms with Crippen LogP contribution in [0.1, 0.15) is 42.3 Å². The molecule has 5 rings (SSSR count). The number of nitrogens with zero attached hydrogens (tertiary/aromatic N) is 1. The monoisotopic (exact) mass is 544 g/mol. The zero-order valence-corrected chi connectivity index (χ0v) is 22.4. The van der Waals surface area contributed by atoms with Gasteiger partial charge in [0.2, 0.25) is 9.84 Å². The Balaban J connectivity index is 1.49. The van der Waals surface area contributed by atoms with Crippen molar-refractivity contribution in [2.24, 2.45) is 5.92 Å². The van der Waals surface area contributed by atoms with E-state index in [-0.39, 0.29) is 29.2 Å². The number of furan rings is 1. The molecule has 1 aliphatic carbocycles. The Kier molecular flexibility index (Phi) is 6.79. The van der Waals surface area contributed by atoms with E-state index in [2.05, 4.69) is 0 Å². The largest absolute Gasteiger partial charge is 0.481 e. The van der Waals surface area contributed by atoms with E-state index in [0.29, 0.717) is 28.0 Å². The van der Waals surface area contributed by atoms with Gasteiger partial charge in [-0.1, -0.05) is 42.5 Å². The van der Waals surface area contributed by atoms with E-state index in [0.717, 1.165) is 5.56 Å². The zero-order valence-electron chi connectivity index (χ0n) is 22.6. The molecular weight excluding hydrogens is 514 g/mol. The van der Waals surface area contributed by atoms with Gasteiger partial charge in [-0.3, -0.25) is 9.59 Å². The SMILES string of the molecule is [2H]C(C)(C)N(Cc1ccccc1S(=O)(=O)c1cccc2c1C[C@@H](C(=O)O)C2)C(=O)c1ccc(-c2ccco2)cc1. The number of carbonyl (C=O) groups is 2. The molecule has 0 aliphatic heterocycles. The van der Waals surface area contributed by atoms with E-state index in [1.54, 1.807) is 80.8 Å². The van der Waals surface area contributed by atoms with Crippen LogP contribution in [0.25, 0.3) is 11.3 Å². The molecule has 1 amide bonds. The Labute approximate surface area is 229 Å². The summed E-state index contributed by atoms with van der Waals surface area (Å²) >= 11 is 0. The molecule has 1 atom stereocenters. The predicted molar refractivity (Wildman–Crippen MR) is 146 cm³/mol. The first-order chi connectivity index (χ1) is 19.0. The number of carboxylic acid groups (broad SMARTS) is 1. The van der Waals surface area contributed by atoms with Gasteiger partial charge in [-0.2, -0.15) is 0 Å². The van der Waals surface area contributed by atoms with Crippen LogP contribution in [0.3, 0.4) is 0 Å². The normalized spacial score (nSPS) is 15.4. The van der Waals surface area contributed by atoms with Gasteiger partial charge in [0, 0.05) is 23.7 Å². The van der Waals surface area contributed by atoms with Crippen LogP contribution in [0.4, 0.5) is 0 Å². The van der Waals surface area contributed by atoms with E-state index < -0.39 is 33.6 Å². The molecule has 0 unspecified atom stereocenters. The topological polar surface area (TPSA) is 105 Å². The van der Waals surface area contributed by atoms with Crippen molar-refractivity contribution < 1.29 is 28.9 Å². The van der Waals surface area contributed by atoms with Gasteiger partial charge in [-0.15, -0.1) is 0 Å². The maximum atomic E-state index is 14.0. The molecule has 0 fully saturated rings. The fourth-order valence-corrected chi connectivity index (χ4v) is 6.81. The van der Waals surface area contributed by atoms with Crippen molar-refractivity contribution in [1.29, 1.82) is 0 Å². The second kappa shape index (κ2) is 10.5. The molecule has 0 saturated heterocycles. The lowest BCUT2D eigenvalue weighted by Gasteiger charge is -2.28. The average molecular weight is 545 g/mol. The van der Waals surface area contributed by atoms with Crippen molar-refractivity contribution in [2.75, 3.05) is 0 Å². The molecule has 0 bridgehead atoms. The highest BCUT2D eigenvalue weighted by atomic mass is 32.2. The van der Waals surface area contributed by atoms with Crippen LogP contribution in [0.15, 0.2) is 99.3 Å². The Morgan fingerprint density at radius 2 is 1.69 bits per heavy atom. The maximum absolute atomic E-state index is 14.0. The second-order valence-electron chi connectivity index (χ2n) is 9.84. The molecule has 39 heavy (non-hydrogen) atoms. The van der Waals surface area contributed by atoms with Crippen molar-refractivity contribution >= 4 is 21.7 Å². The average Bonchev–Trinajstić information content (AvgIpc) is 3.61. The molecule has 4 aromatic rings. The number of amides is 1. The third-order valence-corrected chi connectivity index (χ3v) is 9.04. The summed E-state index contributed by atoms with van der Waals surface area (Å²) in [6.07, 6.45) is 1.99. The summed E-state index contributed by atoms with van der Waals surface area (Å²) in [5, 5.41) is 9.52. The molecule has 1 aromatic heterocycles. The lowest BCUT2D eigenvalue weighted by atomic mass is 10.1. The van der Waals surface area contributed by atoms with Gasteiger partial charge in [-0.25, -0.2) is 8.42 Å². The number of sulfone groups is 1. The van der Waals surface area contributed by atoms with Crippen molar-refractivity contribution in [2.45, 2.75) is 49.0 Å². The lowest BCUT2D eigenvalue weighted by Crippen LogP contribution is -2.36. The van der Waals surface area contributed by atoms with Crippen LogP contribution in [-0.4, -0.2) is 36.3 Å². The number of carbonyl (C=O) groups excluding carboxylic acids is 1. The molecule has 1 aliphatic rings. The van der Waals surface area contributed by atoms with Crippen LogP contribution in [0, 0.1) is 5.92 Å². The van der Waals surface area contributed by atoms with Crippen molar-refractivity contribution in [3.8, 4) is 11.3 Å². The fraction of sp³-hybridized carbons (Fsp3) is 0.226. The van der Waals surface area contributed by atoms with E-state index in [9.17, 15) is 23.1 Å². The molecule has 1 N–H and O–H groups in total. The summed E-state index contributed by atoms with van der Waals surface area (Å²) < 4.78 is 42.1. The highest BCUT2D eigenvalue weighted by molar-refractivity contribution is 7.91. The highest BCUT2D eigenvalue weighted by Gasteiger charge is 2.34. The number of aliphatic carboxylic acids is 1. The Morgan fingerprint density at radius 1 is 0.974 bits per heavy atom. The Hall–Kier alpha value is -4.17. The number of hydrogen-bond acceptors (Lipinski definition) is 5. The van der Waals surface area contributed by atoms with Crippen molar-refractivity contribution in [3.63, 3.8) is 0 Å². The molecule has 0 radical (unpaired) electrons. The van der Waals surface area contributed by atoms with Crippen LogP contribution >= 0.6 is 0 Å². The maximum Gasteiger partial charge on any atom is 0.307 e. The number of fused-ring (bicyclic) bond motifs is 1. The summed E-state index contributed by atoms with van der Waals surface area (Å²) in [4.78, 5) is 26.7. The Bertz CT molecular complexity index is 1670. The number of benzene rings is 3. The van der Waals surface area contributed by atoms with Crippen molar-refractivity contribution in [1.82, 2.24) is 4.90 Å². The van der Waals surface area contributed by atoms with Gasteiger partial charge in [0.1, 0.15) is 5.76 Å².